The summed E-state index contributed by atoms with van der Waals surface area (Å²) in [4.78, 5) is 0. The lowest BCUT2D eigenvalue weighted by Crippen LogP contribution is -2.32. The fourth-order valence-electron chi connectivity index (χ4n) is 2.71. The number of epoxide rings is 1. The fourth-order valence-corrected chi connectivity index (χ4v) is 2.71. The first-order chi connectivity index (χ1) is 10.7. The molecule has 0 spiro atoms. The molecule has 3 nitrogen and oxygen atoms in total. The van der Waals surface area contributed by atoms with E-state index < -0.39 is 6.10 Å². The van der Waals surface area contributed by atoms with Gasteiger partial charge in [-0.15, -0.1) is 0 Å². The minimum absolute atomic E-state index is 0.0419. The quantitative estimate of drug-likeness (QED) is 0.799. The molecule has 1 heterocycles. The molecule has 3 heteroatoms. The number of benzene rings is 2. The van der Waals surface area contributed by atoms with Crippen molar-refractivity contribution in [2.75, 3.05) is 19.8 Å². The normalized spacial score (nSPS) is 18.9. The summed E-state index contributed by atoms with van der Waals surface area (Å²) in [5, 5.41) is 9.88. The zero-order valence-electron chi connectivity index (χ0n) is 12.8. The Balaban J connectivity index is 1.77. The largest absolute Gasteiger partial charge is 0.388 e. The van der Waals surface area contributed by atoms with E-state index in [9.17, 15) is 5.11 Å². The summed E-state index contributed by atoms with van der Waals surface area (Å²) in [5.74, 6) is 0. The van der Waals surface area contributed by atoms with Crippen molar-refractivity contribution in [1.82, 2.24) is 0 Å². The molecule has 2 aromatic rings. The zero-order chi connectivity index (χ0) is 15.4. The highest BCUT2D eigenvalue weighted by Crippen LogP contribution is 2.32. The molecule has 2 unspecified atom stereocenters. The van der Waals surface area contributed by atoms with E-state index in [0.29, 0.717) is 19.8 Å². The van der Waals surface area contributed by atoms with Gasteiger partial charge in [-0.3, -0.25) is 0 Å². The molecule has 22 heavy (non-hydrogen) atoms. The summed E-state index contributed by atoms with van der Waals surface area (Å²) < 4.78 is 10.9. The van der Waals surface area contributed by atoms with Crippen LogP contribution in [0, 0.1) is 0 Å². The van der Waals surface area contributed by atoms with E-state index in [1.54, 1.807) is 0 Å². The van der Waals surface area contributed by atoms with Crippen LogP contribution in [0.4, 0.5) is 0 Å². The van der Waals surface area contributed by atoms with Crippen LogP contribution in [0.1, 0.15) is 18.1 Å². The van der Waals surface area contributed by atoms with Crippen LogP contribution in [0.5, 0.6) is 0 Å². The zero-order valence-corrected chi connectivity index (χ0v) is 12.8. The van der Waals surface area contributed by atoms with Gasteiger partial charge in [0.2, 0.25) is 0 Å². The van der Waals surface area contributed by atoms with Crippen LogP contribution in [0.2, 0.25) is 0 Å². The molecule has 1 N–H and O–H groups in total. The summed E-state index contributed by atoms with van der Waals surface area (Å²) in [5.41, 5.74) is 2.17. The maximum atomic E-state index is 9.88. The van der Waals surface area contributed by atoms with Gasteiger partial charge in [0.15, 0.2) is 0 Å². The van der Waals surface area contributed by atoms with Crippen molar-refractivity contribution in [2.24, 2.45) is 0 Å². The summed E-state index contributed by atoms with van der Waals surface area (Å²) in [7, 11) is 0. The number of aliphatic hydroxyl groups excluding tert-OH is 1. The van der Waals surface area contributed by atoms with Crippen LogP contribution in [-0.4, -0.2) is 37.1 Å². The van der Waals surface area contributed by atoms with Gasteiger partial charge in [-0.25, -0.2) is 0 Å². The molecule has 1 fully saturated rings. The first-order valence-electron chi connectivity index (χ1n) is 7.68. The standard InChI is InChI=1S/C19H22O3/c1-19(15-8-4-2-5-9-15,16-10-6-3-7-11-16)14-21-12-17(20)18-13-22-18/h2-11,17-18,20H,12-14H2,1H3. The predicted molar refractivity (Wildman–Crippen MR) is 85.9 cm³/mol. The second-order valence-electron chi connectivity index (χ2n) is 6.02. The van der Waals surface area contributed by atoms with E-state index in [4.69, 9.17) is 9.47 Å². The molecule has 2 aromatic carbocycles. The van der Waals surface area contributed by atoms with E-state index in [2.05, 4.69) is 31.2 Å². The van der Waals surface area contributed by atoms with Crippen molar-refractivity contribution in [2.45, 2.75) is 24.5 Å². The SMILES string of the molecule is CC(COCC(O)C1CO1)(c1ccccc1)c1ccccc1. The third kappa shape index (κ3) is 3.38. The number of rotatable bonds is 7. The molecule has 0 saturated carbocycles. The monoisotopic (exact) mass is 298 g/mol. The average Bonchev–Trinajstić information content (AvgIpc) is 3.41. The molecular weight excluding hydrogens is 276 g/mol. The number of hydrogen-bond donors (Lipinski definition) is 1. The van der Waals surface area contributed by atoms with Gasteiger partial charge in [0.1, 0.15) is 12.2 Å². The van der Waals surface area contributed by atoms with Gasteiger partial charge in [-0.1, -0.05) is 60.7 Å². The lowest BCUT2D eigenvalue weighted by Gasteiger charge is -2.31. The topological polar surface area (TPSA) is 42.0 Å². The minimum Gasteiger partial charge on any atom is -0.388 e. The van der Waals surface area contributed by atoms with E-state index >= 15 is 0 Å². The molecule has 0 aromatic heterocycles. The van der Waals surface area contributed by atoms with Crippen LogP contribution in [0.15, 0.2) is 60.7 Å². The third-order valence-corrected chi connectivity index (χ3v) is 4.29. The van der Waals surface area contributed by atoms with Crippen molar-refractivity contribution in [3.8, 4) is 0 Å². The maximum absolute atomic E-state index is 9.88. The van der Waals surface area contributed by atoms with Crippen LogP contribution in [-0.2, 0) is 14.9 Å². The van der Waals surface area contributed by atoms with Gasteiger partial charge in [-0.2, -0.15) is 0 Å². The van der Waals surface area contributed by atoms with Crippen molar-refractivity contribution in [3.63, 3.8) is 0 Å². The van der Waals surface area contributed by atoms with Gasteiger partial charge < -0.3 is 14.6 Å². The molecule has 0 radical (unpaired) electrons. The summed E-state index contributed by atoms with van der Waals surface area (Å²) >= 11 is 0. The molecule has 1 aliphatic rings. The van der Waals surface area contributed by atoms with E-state index in [-0.39, 0.29) is 11.5 Å². The Morgan fingerprint density at radius 2 is 1.59 bits per heavy atom. The lowest BCUT2D eigenvalue weighted by molar-refractivity contribution is 0.00952. The second kappa shape index (κ2) is 6.61. The van der Waals surface area contributed by atoms with Gasteiger partial charge in [0, 0.05) is 5.41 Å². The number of ether oxygens (including phenoxy) is 2. The predicted octanol–water partition coefficient (Wildman–Crippen LogP) is 2.77. The highest BCUT2D eigenvalue weighted by atomic mass is 16.6. The number of aliphatic hydroxyl groups is 1. The lowest BCUT2D eigenvalue weighted by atomic mass is 9.77. The maximum Gasteiger partial charge on any atom is 0.109 e. The van der Waals surface area contributed by atoms with Crippen molar-refractivity contribution in [1.29, 1.82) is 0 Å². The average molecular weight is 298 g/mol. The Kier molecular flexibility index (Phi) is 4.57. The van der Waals surface area contributed by atoms with E-state index in [1.165, 1.54) is 11.1 Å². The molecule has 1 saturated heterocycles. The second-order valence-corrected chi connectivity index (χ2v) is 6.02. The Morgan fingerprint density at radius 1 is 1.09 bits per heavy atom. The molecule has 116 valence electrons. The third-order valence-electron chi connectivity index (χ3n) is 4.29. The summed E-state index contributed by atoms with van der Waals surface area (Å²) in [6.07, 6.45) is -0.574. The van der Waals surface area contributed by atoms with Gasteiger partial charge in [0.05, 0.1) is 19.8 Å². The number of hydrogen-bond acceptors (Lipinski definition) is 3. The first-order valence-corrected chi connectivity index (χ1v) is 7.68. The van der Waals surface area contributed by atoms with E-state index in [1.807, 2.05) is 36.4 Å². The minimum atomic E-state index is -0.532. The molecule has 2 atom stereocenters. The van der Waals surface area contributed by atoms with Crippen LogP contribution in [0.3, 0.4) is 0 Å². The van der Waals surface area contributed by atoms with Crippen molar-refractivity contribution >= 4 is 0 Å². The Morgan fingerprint density at radius 3 is 2.05 bits per heavy atom. The van der Waals surface area contributed by atoms with Gasteiger partial charge >= 0.3 is 0 Å². The smallest absolute Gasteiger partial charge is 0.109 e. The highest BCUT2D eigenvalue weighted by Gasteiger charge is 2.33. The molecule has 3 rings (SSSR count). The first kappa shape index (κ1) is 15.2. The molecule has 0 amide bonds. The van der Waals surface area contributed by atoms with Crippen molar-refractivity contribution in [3.05, 3.63) is 71.8 Å². The fraction of sp³-hybridized carbons (Fsp3) is 0.368. The summed E-state index contributed by atoms with van der Waals surface area (Å²) in [6, 6.07) is 20.7. The van der Waals surface area contributed by atoms with E-state index in [0.717, 1.165) is 0 Å². The Labute approximate surface area is 131 Å². The van der Waals surface area contributed by atoms with Crippen molar-refractivity contribution < 1.29 is 14.6 Å². The molecule has 0 aliphatic carbocycles. The molecular formula is C19H22O3. The van der Waals surface area contributed by atoms with Gasteiger partial charge in [-0.05, 0) is 18.1 Å². The van der Waals surface area contributed by atoms with Crippen LogP contribution in [0.25, 0.3) is 0 Å². The van der Waals surface area contributed by atoms with Crippen LogP contribution < -0.4 is 0 Å². The van der Waals surface area contributed by atoms with Crippen LogP contribution >= 0.6 is 0 Å². The van der Waals surface area contributed by atoms with Gasteiger partial charge in [0.25, 0.3) is 0 Å². The summed E-state index contributed by atoms with van der Waals surface area (Å²) in [6.45, 7) is 3.64. The Bertz CT molecular complexity index is 539. The highest BCUT2D eigenvalue weighted by molar-refractivity contribution is 5.38. The molecule has 0 bridgehead atoms. The molecule has 1 aliphatic heterocycles. The Hall–Kier alpha value is -1.68.